The minimum atomic E-state index is -0.278. The van der Waals surface area contributed by atoms with E-state index in [1.165, 1.54) is 0 Å². The summed E-state index contributed by atoms with van der Waals surface area (Å²) in [5.74, 6) is 1.47. The van der Waals surface area contributed by atoms with Crippen LogP contribution in [0.25, 0.3) is 0 Å². The number of hydrazone groups is 1. The van der Waals surface area contributed by atoms with Crippen LogP contribution in [0.2, 0.25) is 0 Å². The van der Waals surface area contributed by atoms with Gasteiger partial charge in [0.05, 0.1) is 18.5 Å². The number of nitrogens with one attached hydrogen (secondary N) is 2. The van der Waals surface area contributed by atoms with Crippen molar-refractivity contribution in [2.75, 3.05) is 0 Å². The number of carbonyl (C=O) groups excluding carboxylic acids is 1. The van der Waals surface area contributed by atoms with Gasteiger partial charge in [-0.3, -0.25) is 10.2 Å². The maximum atomic E-state index is 12.4. The third-order valence-corrected chi connectivity index (χ3v) is 3.93. The molecule has 0 aromatic carbocycles. The molecule has 2 aromatic rings. The molecule has 0 spiro atoms. The van der Waals surface area contributed by atoms with E-state index in [1.807, 2.05) is 6.92 Å². The van der Waals surface area contributed by atoms with Crippen molar-refractivity contribution in [3.63, 3.8) is 0 Å². The highest BCUT2D eigenvalue weighted by Crippen LogP contribution is 2.29. The first kappa shape index (κ1) is 16.3. The summed E-state index contributed by atoms with van der Waals surface area (Å²) in [6.45, 7) is 2.16. The Bertz CT molecular complexity index is 793. The molecule has 4 N–H and O–H groups in total. The summed E-state index contributed by atoms with van der Waals surface area (Å²) in [5, 5.41) is 7.14. The molecule has 0 unspecified atom stereocenters. The lowest BCUT2D eigenvalue weighted by Gasteiger charge is -2.13. The van der Waals surface area contributed by atoms with Crippen molar-refractivity contribution >= 4 is 28.9 Å². The zero-order valence-electron chi connectivity index (χ0n) is 13.2. The highest BCUT2D eigenvalue weighted by Gasteiger charge is 2.27. The number of carbonyl (C=O) groups is 1. The number of amides is 1. The molecule has 0 saturated carbocycles. The lowest BCUT2D eigenvalue weighted by Crippen LogP contribution is -2.26. The fourth-order valence-electron chi connectivity index (χ4n) is 2.78. The summed E-state index contributed by atoms with van der Waals surface area (Å²) >= 11 is 4.78. The highest BCUT2D eigenvalue weighted by molar-refractivity contribution is 7.80. The lowest BCUT2D eigenvalue weighted by atomic mass is 9.93. The van der Waals surface area contributed by atoms with Crippen molar-refractivity contribution in [2.45, 2.75) is 32.7 Å². The van der Waals surface area contributed by atoms with Crippen LogP contribution in [0.4, 0.5) is 0 Å². The summed E-state index contributed by atoms with van der Waals surface area (Å²) in [7, 11) is 0. The molecule has 2 heterocycles. The summed E-state index contributed by atoms with van der Waals surface area (Å²) < 4.78 is 11.0. The molecule has 24 heavy (non-hydrogen) atoms. The number of thiocarbonyl (C=S) groups is 1. The maximum Gasteiger partial charge on any atom is 0.287 e. The van der Waals surface area contributed by atoms with E-state index in [1.54, 1.807) is 18.4 Å². The number of nitrogens with zero attached hydrogens (tertiary/aromatic N) is 1. The highest BCUT2D eigenvalue weighted by atomic mass is 32.1. The molecule has 0 aliphatic heterocycles. The minimum absolute atomic E-state index is 0.104. The topological polar surface area (TPSA) is 106 Å². The van der Waals surface area contributed by atoms with E-state index < -0.39 is 0 Å². The molecule has 1 aliphatic carbocycles. The first-order valence-electron chi connectivity index (χ1n) is 7.61. The van der Waals surface area contributed by atoms with Crippen LogP contribution in [0.3, 0.4) is 0 Å². The molecule has 0 atom stereocenters. The molecule has 1 aliphatic rings. The molecule has 1 amide bonds. The predicted molar refractivity (Wildman–Crippen MR) is 92.7 cm³/mol. The van der Waals surface area contributed by atoms with Gasteiger partial charge in [-0.25, -0.2) is 0 Å². The van der Waals surface area contributed by atoms with E-state index in [-0.39, 0.29) is 11.0 Å². The van der Waals surface area contributed by atoms with Gasteiger partial charge < -0.3 is 19.9 Å². The number of fused-ring (bicyclic) bond motifs is 1. The van der Waals surface area contributed by atoms with Gasteiger partial charge in [-0.05, 0) is 44.1 Å². The summed E-state index contributed by atoms with van der Waals surface area (Å²) in [6.07, 6.45) is 4.01. The number of nitrogens with two attached hydrogens (primary N) is 1. The van der Waals surface area contributed by atoms with Crippen molar-refractivity contribution in [2.24, 2.45) is 10.8 Å². The Kier molecular flexibility index (Phi) is 4.66. The number of hydrogen-bond donors (Lipinski definition) is 3. The Morgan fingerprint density at radius 1 is 1.46 bits per heavy atom. The summed E-state index contributed by atoms with van der Waals surface area (Å²) in [5.41, 5.74) is 10.5. The Hall–Kier alpha value is -2.61. The second-order valence-electron chi connectivity index (χ2n) is 5.50. The van der Waals surface area contributed by atoms with E-state index in [0.29, 0.717) is 18.1 Å². The monoisotopic (exact) mass is 346 g/mol. The van der Waals surface area contributed by atoms with Crippen LogP contribution in [-0.2, 0) is 13.0 Å². The van der Waals surface area contributed by atoms with Crippen LogP contribution < -0.4 is 16.5 Å². The molecular formula is C16H18N4O3S. The smallest absolute Gasteiger partial charge is 0.287 e. The van der Waals surface area contributed by atoms with Crippen molar-refractivity contribution in [3.05, 3.63) is 46.8 Å². The van der Waals surface area contributed by atoms with Crippen molar-refractivity contribution < 1.29 is 13.6 Å². The van der Waals surface area contributed by atoms with Gasteiger partial charge in [0.25, 0.3) is 5.91 Å². The standard InChI is InChI=1S/C16H18N4O3S/c1-9-13-11(19-20-16(17)24)5-2-6-12(13)23-14(9)15(21)18-8-10-4-3-7-22-10/h3-4,7H,2,5-6,8H2,1H3,(H,18,21)(H3,17,20,24)/b19-11+. The predicted octanol–water partition coefficient (Wildman–Crippen LogP) is 1.98. The van der Waals surface area contributed by atoms with Gasteiger partial charge in [-0.1, -0.05) is 0 Å². The molecule has 3 rings (SSSR count). The van der Waals surface area contributed by atoms with E-state index in [4.69, 9.17) is 26.8 Å². The first-order valence-corrected chi connectivity index (χ1v) is 8.02. The zero-order valence-corrected chi connectivity index (χ0v) is 14.0. The van der Waals surface area contributed by atoms with Crippen LogP contribution in [0, 0.1) is 6.92 Å². The number of aryl methyl sites for hydroxylation is 1. The molecule has 7 nitrogen and oxygen atoms in total. The first-order chi connectivity index (χ1) is 11.6. The number of furan rings is 2. The fraction of sp³-hybridized carbons (Fsp3) is 0.312. The van der Waals surface area contributed by atoms with Gasteiger partial charge in [-0.15, -0.1) is 0 Å². The molecule has 126 valence electrons. The quantitative estimate of drug-likeness (QED) is 0.577. The van der Waals surface area contributed by atoms with E-state index >= 15 is 0 Å². The molecule has 8 heteroatoms. The van der Waals surface area contributed by atoms with Crippen molar-refractivity contribution in [1.82, 2.24) is 10.7 Å². The molecule has 0 bridgehead atoms. The Morgan fingerprint density at radius 3 is 3.00 bits per heavy atom. The van der Waals surface area contributed by atoms with E-state index in [0.717, 1.165) is 41.9 Å². The van der Waals surface area contributed by atoms with Crippen LogP contribution >= 0.6 is 12.2 Å². The Labute approximate surface area is 144 Å². The zero-order chi connectivity index (χ0) is 17.1. The largest absolute Gasteiger partial charge is 0.467 e. The second-order valence-corrected chi connectivity index (χ2v) is 5.94. The van der Waals surface area contributed by atoms with Gasteiger partial charge in [0.1, 0.15) is 11.5 Å². The number of rotatable bonds is 4. The van der Waals surface area contributed by atoms with Crippen molar-refractivity contribution in [1.29, 1.82) is 0 Å². The third-order valence-electron chi connectivity index (χ3n) is 3.84. The average molecular weight is 346 g/mol. The molecule has 0 radical (unpaired) electrons. The Morgan fingerprint density at radius 2 is 2.29 bits per heavy atom. The van der Waals surface area contributed by atoms with Gasteiger partial charge in [0, 0.05) is 17.5 Å². The number of hydrogen-bond acceptors (Lipinski definition) is 5. The molecule has 2 aromatic heterocycles. The van der Waals surface area contributed by atoms with Gasteiger partial charge in [0.2, 0.25) is 0 Å². The third kappa shape index (κ3) is 3.33. The second kappa shape index (κ2) is 6.88. The lowest BCUT2D eigenvalue weighted by molar-refractivity contribution is 0.0917. The van der Waals surface area contributed by atoms with Crippen LogP contribution in [0.15, 0.2) is 32.3 Å². The van der Waals surface area contributed by atoms with Gasteiger partial charge >= 0.3 is 0 Å². The molecule has 0 fully saturated rings. The van der Waals surface area contributed by atoms with Crippen LogP contribution in [-0.4, -0.2) is 16.7 Å². The SMILES string of the molecule is Cc1c(C(=O)NCc2ccco2)oc2c1/C(=N/NC(N)=S)CCC2. The van der Waals surface area contributed by atoms with E-state index in [2.05, 4.69) is 15.8 Å². The average Bonchev–Trinajstić information content (AvgIpc) is 3.19. The Balaban J connectivity index is 1.82. The maximum absolute atomic E-state index is 12.4. The fourth-order valence-corrected chi connectivity index (χ4v) is 2.83. The molecule has 0 saturated heterocycles. The van der Waals surface area contributed by atoms with Crippen molar-refractivity contribution in [3.8, 4) is 0 Å². The summed E-state index contributed by atoms with van der Waals surface area (Å²) in [6, 6.07) is 3.57. The molecular weight excluding hydrogens is 328 g/mol. The van der Waals surface area contributed by atoms with Crippen LogP contribution in [0.5, 0.6) is 0 Å². The normalized spacial score (nSPS) is 15.1. The van der Waals surface area contributed by atoms with Crippen LogP contribution in [0.1, 0.15) is 46.0 Å². The van der Waals surface area contributed by atoms with Gasteiger partial charge in [-0.2, -0.15) is 5.10 Å². The minimum Gasteiger partial charge on any atom is -0.467 e. The summed E-state index contributed by atoms with van der Waals surface area (Å²) in [4.78, 5) is 12.4. The van der Waals surface area contributed by atoms with E-state index in [9.17, 15) is 4.79 Å². The van der Waals surface area contributed by atoms with Gasteiger partial charge in [0.15, 0.2) is 10.9 Å².